The van der Waals surface area contributed by atoms with Crippen molar-refractivity contribution in [1.29, 1.82) is 0 Å². The summed E-state index contributed by atoms with van der Waals surface area (Å²) >= 11 is 0. The number of methoxy groups -OCH3 is 2. The molecule has 0 bridgehead atoms. The summed E-state index contributed by atoms with van der Waals surface area (Å²) in [6.07, 6.45) is 2.97. The molecule has 2 unspecified atom stereocenters. The lowest BCUT2D eigenvalue weighted by molar-refractivity contribution is -0.127. The molecule has 0 fully saturated rings. The molecular weight excluding hydrogens is 437 g/mol. The maximum Gasteiger partial charge on any atom is 0.223 e. The first-order chi connectivity index (χ1) is 16.2. The van der Waals surface area contributed by atoms with Crippen LogP contribution in [-0.4, -0.2) is 57.8 Å². The number of amides is 1. The molecule has 34 heavy (non-hydrogen) atoms. The fraction of sp³-hybridized carbons (Fsp3) is 0.741. The standard InChI is InChI=1S/C27H46FNO5/c1-19(2)22(9-10-23(30)18-24(20(3)4)27(31)29-13-12-28)16-21-8-11-25(33-6)26(17-21)34-15-7-14-32-5/h8,11,17,19-20,22-24,30H,7,9-10,12-16,18H2,1-6H3,(H,29,31)/t22?,23-,24?/m1/s1. The third kappa shape index (κ3) is 11.0. The highest BCUT2D eigenvalue weighted by molar-refractivity contribution is 5.78. The number of hydrogen-bond donors (Lipinski definition) is 2. The van der Waals surface area contributed by atoms with Crippen LogP contribution >= 0.6 is 0 Å². The number of rotatable bonds is 18. The van der Waals surface area contributed by atoms with Crippen LogP contribution in [0.5, 0.6) is 11.5 Å². The monoisotopic (exact) mass is 483 g/mol. The molecule has 0 aliphatic carbocycles. The minimum Gasteiger partial charge on any atom is -0.493 e. The zero-order valence-corrected chi connectivity index (χ0v) is 21.9. The van der Waals surface area contributed by atoms with Crippen molar-refractivity contribution in [3.05, 3.63) is 23.8 Å². The van der Waals surface area contributed by atoms with Gasteiger partial charge < -0.3 is 24.6 Å². The summed E-state index contributed by atoms with van der Waals surface area (Å²) in [4.78, 5) is 12.3. The Morgan fingerprint density at radius 1 is 1.06 bits per heavy atom. The summed E-state index contributed by atoms with van der Waals surface area (Å²) in [7, 11) is 3.31. The number of ether oxygens (including phenoxy) is 3. The topological polar surface area (TPSA) is 77.0 Å². The van der Waals surface area contributed by atoms with E-state index in [1.807, 2.05) is 26.0 Å². The van der Waals surface area contributed by atoms with Gasteiger partial charge in [-0.2, -0.15) is 0 Å². The molecule has 1 amide bonds. The van der Waals surface area contributed by atoms with E-state index in [0.29, 0.717) is 43.6 Å². The van der Waals surface area contributed by atoms with Gasteiger partial charge in [0.1, 0.15) is 6.67 Å². The van der Waals surface area contributed by atoms with E-state index >= 15 is 0 Å². The Morgan fingerprint density at radius 2 is 1.79 bits per heavy atom. The largest absolute Gasteiger partial charge is 0.493 e. The van der Waals surface area contributed by atoms with Crippen LogP contribution in [-0.2, 0) is 16.0 Å². The number of nitrogens with one attached hydrogen (secondary N) is 1. The van der Waals surface area contributed by atoms with Gasteiger partial charge in [0, 0.05) is 32.6 Å². The van der Waals surface area contributed by atoms with Crippen LogP contribution in [0.15, 0.2) is 18.2 Å². The Balaban J connectivity index is 2.74. The van der Waals surface area contributed by atoms with E-state index in [9.17, 15) is 14.3 Å². The number of halogens is 1. The van der Waals surface area contributed by atoms with Crippen molar-refractivity contribution < 1.29 is 28.5 Å². The Labute approximate surface area is 205 Å². The predicted molar refractivity (Wildman–Crippen MR) is 134 cm³/mol. The van der Waals surface area contributed by atoms with E-state index in [4.69, 9.17) is 14.2 Å². The third-order valence-corrected chi connectivity index (χ3v) is 6.35. The van der Waals surface area contributed by atoms with Crippen LogP contribution in [0.2, 0.25) is 0 Å². The number of carbonyl (C=O) groups excluding carboxylic acids is 1. The van der Waals surface area contributed by atoms with Crippen LogP contribution in [0.3, 0.4) is 0 Å². The fourth-order valence-electron chi connectivity index (χ4n) is 4.12. The highest BCUT2D eigenvalue weighted by Gasteiger charge is 2.26. The predicted octanol–water partition coefficient (Wildman–Crippen LogP) is 4.81. The molecule has 0 aliphatic rings. The average molecular weight is 484 g/mol. The number of hydrogen-bond acceptors (Lipinski definition) is 5. The van der Waals surface area contributed by atoms with Crippen molar-refractivity contribution in [2.24, 2.45) is 23.7 Å². The zero-order chi connectivity index (χ0) is 25.5. The second kappa shape index (κ2) is 16.7. The zero-order valence-electron chi connectivity index (χ0n) is 21.9. The molecule has 7 heteroatoms. The van der Waals surface area contributed by atoms with E-state index in [2.05, 4.69) is 25.2 Å². The second-order valence-corrected chi connectivity index (χ2v) is 9.69. The first-order valence-electron chi connectivity index (χ1n) is 12.5. The van der Waals surface area contributed by atoms with Gasteiger partial charge in [0.05, 0.1) is 19.8 Å². The summed E-state index contributed by atoms with van der Waals surface area (Å²) in [6, 6.07) is 6.05. The molecule has 3 atom stereocenters. The molecule has 1 aromatic carbocycles. The van der Waals surface area contributed by atoms with E-state index in [0.717, 1.165) is 25.0 Å². The molecule has 2 N–H and O–H groups in total. The van der Waals surface area contributed by atoms with Crippen molar-refractivity contribution in [1.82, 2.24) is 5.32 Å². The van der Waals surface area contributed by atoms with Crippen LogP contribution in [0.25, 0.3) is 0 Å². The molecule has 0 saturated heterocycles. The minimum atomic E-state index is -0.583. The van der Waals surface area contributed by atoms with Crippen molar-refractivity contribution in [3.8, 4) is 11.5 Å². The molecule has 0 saturated carbocycles. The van der Waals surface area contributed by atoms with Gasteiger partial charge in [-0.05, 0) is 61.1 Å². The summed E-state index contributed by atoms with van der Waals surface area (Å²) in [6.45, 7) is 8.96. The van der Waals surface area contributed by atoms with Gasteiger partial charge in [0.15, 0.2) is 11.5 Å². The van der Waals surface area contributed by atoms with Crippen LogP contribution in [0.4, 0.5) is 4.39 Å². The minimum absolute atomic E-state index is 0.0213. The first kappa shape index (κ1) is 30.2. The van der Waals surface area contributed by atoms with Crippen molar-refractivity contribution >= 4 is 5.91 Å². The van der Waals surface area contributed by atoms with E-state index in [-0.39, 0.29) is 24.3 Å². The Hall–Kier alpha value is -1.86. The van der Waals surface area contributed by atoms with E-state index in [1.165, 1.54) is 5.56 Å². The lowest BCUT2D eigenvalue weighted by Gasteiger charge is -2.26. The SMILES string of the molecule is COCCCOc1cc(CC(CC[C@@H](O)CC(C(=O)NCCF)C(C)C)C(C)C)ccc1OC. The number of alkyl halides is 1. The molecule has 0 spiro atoms. The van der Waals surface area contributed by atoms with Crippen molar-refractivity contribution in [3.63, 3.8) is 0 Å². The van der Waals surface area contributed by atoms with Gasteiger partial charge in [-0.3, -0.25) is 4.79 Å². The van der Waals surface area contributed by atoms with Crippen molar-refractivity contribution in [2.75, 3.05) is 40.7 Å². The van der Waals surface area contributed by atoms with Crippen LogP contribution in [0.1, 0.15) is 58.9 Å². The molecule has 0 radical (unpaired) electrons. The second-order valence-electron chi connectivity index (χ2n) is 9.69. The highest BCUT2D eigenvalue weighted by Crippen LogP contribution is 2.31. The van der Waals surface area contributed by atoms with Gasteiger partial charge in [-0.25, -0.2) is 4.39 Å². The number of carbonyl (C=O) groups is 1. The molecule has 1 aromatic rings. The van der Waals surface area contributed by atoms with E-state index in [1.54, 1.807) is 14.2 Å². The molecule has 196 valence electrons. The quantitative estimate of drug-likeness (QED) is 0.293. The van der Waals surface area contributed by atoms with Crippen LogP contribution < -0.4 is 14.8 Å². The fourth-order valence-corrected chi connectivity index (χ4v) is 4.12. The maximum atomic E-state index is 12.4. The summed E-state index contributed by atoms with van der Waals surface area (Å²) in [5, 5.41) is 13.3. The molecule has 0 aromatic heterocycles. The van der Waals surface area contributed by atoms with Gasteiger partial charge >= 0.3 is 0 Å². The maximum absolute atomic E-state index is 12.4. The number of benzene rings is 1. The van der Waals surface area contributed by atoms with Gasteiger partial charge in [0.25, 0.3) is 0 Å². The summed E-state index contributed by atoms with van der Waals surface area (Å²) in [5.74, 6) is 1.84. The molecule has 6 nitrogen and oxygen atoms in total. The van der Waals surface area contributed by atoms with Crippen molar-refractivity contribution in [2.45, 2.75) is 65.9 Å². The van der Waals surface area contributed by atoms with Crippen LogP contribution in [0, 0.1) is 23.7 Å². The normalized spacial score (nSPS) is 14.2. The number of aliphatic hydroxyl groups is 1. The summed E-state index contributed by atoms with van der Waals surface area (Å²) < 4.78 is 28.9. The van der Waals surface area contributed by atoms with Gasteiger partial charge in [0.2, 0.25) is 5.91 Å². The smallest absolute Gasteiger partial charge is 0.223 e. The highest BCUT2D eigenvalue weighted by atomic mass is 19.1. The Morgan fingerprint density at radius 3 is 2.38 bits per heavy atom. The molecule has 1 rings (SSSR count). The lowest BCUT2D eigenvalue weighted by Crippen LogP contribution is -2.36. The van der Waals surface area contributed by atoms with Gasteiger partial charge in [-0.1, -0.05) is 33.8 Å². The first-order valence-corrected chi connectivity index (χ1v) is 12.5. The summed E-state index contributed by atoms with van der Waals surface area (Å²) in [5.41, 5.74) is 1.17. The third-order valence-electron chi connectivity index (χ3n) is 6.35. The van der Waals surface area contributed by atoms with Gasteiger partial charge in [-0.15, -0.1) is 0 Å². The molecule has 0 aliphatic heterocycles. The number of aliphatic hydroxyl groups excluding tert-OH is 1. The Bertz CT molecular complexity index is 698. The molecule has 0 heterocycles. The average Bonchev–Trinajstić information content (AvgIpc) is 2.81. The molecular formula is C27H46FNO5. The Kier molecular flexibility index (Phi) is 14.8. The van der Waals surface area contributed by atoms with E-state index < -0.39 is 12.8 Å². The lowest BCUT2D eigenvalue weighted by atomic mass is 9.82.